The molecule has 0 saturated carbocycles. The van der Waals surface area contributed by atoms with Gasteiger partial charge in [0.15, 0.2) is 5.58 Å². The minimum Gasteiger partial charge on any atom is -0.454 e. The van der Waals surface area contributed by atoms with Crippen molar-refractivity contribution in [1.82, 2.24) is 0 Å². The van der Waals surface area contributed by atoms with E-state index in [4.69, 9.17) is 13.7 Å². The maximum atomic E-state index is 6.43. The number of rotatable bonds is 2. The Bertz CT molecular complexity index is 1640. The van der Waals surface area contributed by atoms with E-state index in [1.807, 2.05) is 12.1 Å². The summed E-state index contributed by atoms with van der Waals surface area (Å²) in [7, 11) is -0.398. The van der Waals surface area contributed by atoms with Crippen LogP contribution in [0.2, 0.25) is 0 Å². The van der Waals surface area contributed by atoms with E-state index >= 15 is 0 Å². The molecule has 4 aromatic carbocycles. The summed E-state index contributed by atoms with van der Waals surface area (Å²) < 4.78 is 19.1. The highest BCUT2D eigenvalue weighted by atomic mass is 32.2. The molecule has 3 heterocycles. The molecule has 0 N–H and O–H groups in total. The van der Waals surface area contributed by atoms with Crippen LogP contribution in [0.15, 0.2) is 99.1 Å². The molecule has 1 aromatic heterocycles. The largest absolute Gasteiger partial charge is 0.494 e. The number of nitrogens with zero attached hydrogens (tertiary/aromatic N) is 1. The minimum absolute atomic E-state index is 0.379. The highest BCUT2D eigenvalue weighted by molar-refractivity contribution is 7.99. The molecule has 1 fully saturated rings. The zero-order valence-corrected chi connectivity index (χ0v) is 21.6. The summed E-state index contributed by atoms with van der Waals surface area (Å²) in [6.07, 6.45) is 0. The average Bonchev–Trinajstić information content (AvgIpc) is 3.35. The summed E-state index contributed by atoms with van der Waals surface area (Å²) in [5.74, 6) is 0. The molecule has 2 aliphatic heterocycles. The van der Waals surface area contributed by atoms with Crippen molar-refractivity contribution in [2.24, 2.45) is 0 Å². The van der Waals surface area contributed by atoms with Gasteiger partial charge in [-0.2, -0.15) is 0 Å². The molecule has 0 bridgehead atoms. The quantitative estimate of drug-likeness (QED) is 0.231. The van der Waals surface area contributed by atoms with Gasteiger partial charge in [0.25, 0.3) is 0 Å². The van der Waals surface area contributed by atoms with Gasteiger partial charge in [0.2, 0.25) is 0 Å². The molecule has 4 nitrogen and oxygen atoms in total. The van der Waals surface area contributed by atoms with Crippen LogP contribution in [-0.2, 0) is 9.31 Å². The van der Waals surface area contributed by atoms with Crippen LogP contribution in [0.3, 0.4) is 0 Å². The first-order valence-electron chi connectivity index (χ1n) is 12.3. The fourth-order valence-electron chi connectivity index (χ4n) is 5.07. The van der Waals surface area contributed by atoms with Crippen molar-refractivity contribution in [3.05, 3.63) is 84.9 Å². The molecule has 0 aliphatic carbocycles. The standard InChI is InChI=1S/C30H26BNO3S/c1-29(2)30(3,4)35-31(34-29)19-16-17-23-27(18-19)36-26-15-8-6-12-22(26)32(23)24-13-9-11-21-20-10-5-7-14-25(20)33-28(21)24/h5-18H,1-4H3. The van der Waals surface area contributed by atoms with E-state index in [9.17, 15) is 0 Å². The predicted octanol–water partition coefficient (Wildman–Crippen LogP) is 7.82. The van der Waals surface area contributed by atoms with Gasteiger partial charge in [-0.1, -0.05) is 60.3 Å². The van der Waals surface area contributed by atoms with Crippen LogP contribution in [0.5, 0.6) is 0 Å². The normalized spacial score (nSPS) is 18.0. The van der Waals surface area contributed by atoms with Gasteiger partial charge < -0.3 is 18.6 Å². The van der Waals surface area contributed by atoms with Crippen molar-refractivity contribution in [2.45, 2.75) is 48.7 Å². The maximum Gasteiger partial charge on any atom is 0.494 e. The first-order valence-corrected chi connectivity index (χ1v) is 13.1. The molecular weight excluding hydrogens is 465 g/mol. The molecular formula is C30H26BNO3S. The van der Waals surface area contributed by atoms with Crippen LogP contribution >= 0.6 is 11.8 Å². The van der Waals surface area contributed by atoms with E-state index in [1.165, 1.54) is 4.90 Å². The molecule has 6 heteroatoms. The van der Waals surface area contributed by atoms with Crippen molar-refractivity contribution < 1.29 is 13.7 Å². The van der Waals surface area contributed by atoms with Gasteiger partial charge in [0.1, 0.15) is 5.58 Å². The summed E-state index contributed by atoms with van der Waals surface area (Å²) >= 11 is 1.78. The number of hydrogen-bond donors (Lipinski definition) is 0. The second kappa shape index (κ2) is 7.66. The van der Waals surface area contributed by atoms with Crippen LogP contribution in [-0.4, -0.2) is 18.3 Å². The number of benzene rings is 4. The van der Waals surface area contributed by atoms with E-state index < -0.39 is 7.12 Å². The van der Waals surface area contributed by atoms with Crippen molar-refractivity contribution in [1.29, 1.82) is 0 Å². The zero-order chi connectivity index (χ0) is 24.7. The van der Waals surface area contributed by atoms with Gasteiger partial charge in [0.05, 0.1) is 28.3 Å². The van der Waals surface area contributed by atoms with Crippen molar-refractivity contribution >= 4 is 63.3 Å². The molecule has 5 aromatic rings. The Hall–Kier alpha value is -3.19. The molecule has 0 spiro atoms. The third-order valence-electron chi connectivity index (χ3n) is 7.70. The van der Waals surface area contributed by atoms with Crippen LogP contribution in [0.1, 0.15) is 27.7 Å². The maximum absolute atomic E-state index is 6.43. The monoisotopic (exact) mass is 491 g/mol. The van der Waals surface area contributed by atoms with Gasteiger partial charge in [-0.15, -0.1) is 0 Å². The average molecular weight is 491 g/mol. The number of para-hydroxylation sites is 3. The van der Waals surface area contributed by atoms with E-state index in [2.05, 4.69) is 105 Å². The Morgan fingerprint density at radius 3 is 2.17 bits per heavy atom. The molecule has 0 unspecified atom stereocenters. The third-order valence-corrected chi connectivity index (χ3v) is 8.81. The Labute approximate surface area is 215 Å². The Kier molecular flexibility index (Phi) is 4.69. The molecule has 1 saturated heterocycles. The minimum atomic E-state index is -0.398. The van der Waals surface area contributed by atoms with Gasteiger partial charge in [-0.3, -0.25) is 0 Å². The fraction of sp³-hybridized carbons (Fsp3) is 0.200. The summed E-state index contributed by atoms with van der Waals surface area (Å²) in [4.78, 5) is 4.68. The highest BCUT2D eigenvalue weighted by Gasteiger charge is 2.51. The molecule has 2 aliphatic rings. The molecule has 0 radical (unpaired) electrons. The smallest absolute Gasteiger partial charge is 0.454 e. The summed E-state index contributed by atoms with van der Waals surface area (Å²) in [5.41, 5.74) is 5.35. The summed E-state index contributed by atoms with van der Waals surface area (Å²) in [6, 6.07) is 29.7. The van der Waals surface area contributed by atoms with Gasteiger partial charge >= 0.3 is 7.12 Å². The van der Waals surface area contributed by atoms with Gasteiger partial charge in [-0.05, 0) is 69.6 Å². The van der Waals surface area contributed by atoms with E-state index in [1.54, 1.807) is 11.8 Å². The molecule has 0 atom stereocenters. The third kappa shape index (κ3) is 3.18. The first-order chi connectivity index (χ1) is 17.3. The lowest BCUT2D eigenvalue weighted by atomic mass is 9.79. The molecule has 0 amide bonds. The Morgan fingerprint density at radius 1 is 0.667 bits per heavy atom. The van der Waals surface area contributed by atoms with Crippen LogP contribution in [0, 0.1) is 0 Å². The zero-order valence-electron chi connectivity index (χ0n) is 20.7. The van der Waals surface area contributed by atoms with Crippen LogP contribution in [0.25, 0.3) is 21.9 Å². The van der Waals surface area contributed by atoms with Crippen molar-refractivity contribution in [3.63, 3.8) is 0 Å². The topological polar surface area (TPSA) is 34.8 Å². The SMILES string of the molecule is CC1(C)OB(c2ccc3c(c2)Sc2ccccc2N3c2cccc3c2oc2ccccc23)OC1(C)C. The lowest BCUT2D eigenvalue weighted by molar-refractivity contribution is 0.00578. The van der Waals surface area contributed by atoms with E-state index in [0.29, 0.717) is 0 Å². The molecule has 7 rings (SSSR count). The highest BCUT2D eigenvalue weighted by Crippen LogP contribution is 2.53. The molecule has 36 heavy (non-hydrogen) atoms. The Morgan fingerprint density at radius 2 is 1.33 bits per heavy atom. The lowest BCUT2D eigenvalue weighted by Crippen LogP contribution is -2.41. The van der Waals surface area contributed by atoms with Gasteiger partial charge in [-0.25, -0.2) is 0 Å². The fourth-order valence-corrected chi connectivity index (χ4v) is 6.17. The number of fused-ring (bicyclic) bond motifs is 5. The predicted molar refractivity (Wildman–Crippen MR) is 148 cm³/mol. The van der Waals surface area contributed by atoms with Crippen molar-refractivity contribution in [2.75, 3.05) is 4.90 Å². The first kappa shape index (κ1) is 22.0. The van der Waals surface area contributed by atoms with Crippen LogP contribution in [0.4, 0.5) is 17.1 Å². The lowest BCUT2D eigenvalue weighted by Gasteiger charge is -2.33. The van der Waals surface area contributed by atoms with Crippen molar-refractivity contribution in [3.8, 4) is 0 Å². The number of furan rings is 1. The number of anilines is 3. The second-order valence-corrected chi connectivity index (χ2v) is 11.6. The number of hydrogen-bond acceptors (Lipinski definition) is 5. The van der Waals surface area contributed by atoms with Crippen LogP contribution < -0.4 is 10.4 Å². The second-order valence-electron chi connectivity index (χ2n) is 10.5. The summed E-state index contributed by atoms with van der Waals surface area (Å²) in [6.45, 7) is 8.36. The summed E-state index contributed by atoms with van der Waals surface area (Å²) in [5, 5.41) is 2.25. The molecule has 178 valence electrons. The van der Waals surface area contributed by atoms with E-state index in [0.717, 1.165) is 49.4 Å². The Balaban J connectivity index is 1.40. The van der Waals surface area contributed by atoms with Gasteiger partial charge in [0, 0.05) is 20.6 Å². The van der Waals surface area contributed by atoms with E-state index in [-0.39, 0.29) is 11.2 Å².